The summed E-state index contributed by atoms with van der Waals surface area (Å²) in [4.78, 5) is 0.966. The van der Waals surface area contributed by atoms with Gasteiger partial charge in [-0.2, -0.15) is 4.90 Å². The number of benzene rings is 3. The molecule has 19 heavy (non-hydrogen) atoms. The first kappa shape index (κ1) is 14.8. The smallest absolute Gasteiger partial charge is 0.779 e. The van der Waals surface area contributed by atoms with Gasteiger partial charge in [-0.1, -0.05) is 42.5 Å². The molecule has 0 aliphatic heterocycles. The Labute approximate surface area is 131 Å². The van der Waals surface area contributed by atoms with Crippen LogP contribution in [0, 0.1) is 0 Å². The molecular formula is C16H15CuPS+. The summed E-state index contributed by atoms with van der Waals surface area (Å²) in [7, 11) is -0.490. The molecule has 0 fully saturated rings. The third-order valence-electron chi connectivity index (χ3n) is 3.39. The molecule has 3 aromatic rings. The van der Waals surface area contributed by atoms with Crippen LogP contribution >= 0.6 is 7.92 Å². The van der Waals surface area contributed by atoms with Crippen LogP contribution < -0.4 is 5.30 Å². The van der Waals surface area contributed by atoms with Crippen LogP contribution in [-0.4, -0.2) is 13.3 Å². The molecule has 0 aromatic heterocycles. The average molecular weight is 334 g/mol. The Bertz CT molecular complexity index is 737. The number of rotatable bonds is 1. The fourth-order valence-corrected chi connectivity index (χ4v) is 4.04. The van der Waals surface area contributed by atoms with E-state index in [0.717, 1.165) is 4.90 Å². The van der Waals surface area contributed by atoms with Crippen LogP contribution in [0.1, 0.15) is 0 Å². The predicted molar refractivity (Wildman–Crippen MR) is 86.9 cm³/mol. The molecular weight excluding hydrogens is 319 g/mol. The van der Waals surface area contributed by atoms with Crippen molar-refractivity contribution in [3.05, 3.63) is 48.5 Å². The molecule has 0 amide bonds. The number of fused-ring (bicyclic) bond motifs is 3. The van der Waals surface area contributed by atoms with E-state index in [1.165, 1.54) is 26.8 Å². The van der Waals surface area contributed by atoms with Gasteiger partial charge >= 0.3 is 17.1 Å². The van der Waals surface area contributed by atoms with E-state index in [-0.39, 0.29) is 17.1 Å². The summed E-state index contributed by atoms with van der Waals surface area (Å²) < 4.78 is 0. The zero-order valence-corrected chi connectivity index (χ0v) is 13.6. The number of hydrogen-bond donors (Lipinski definition) is 0. The molecule has 0 aliphatic carbocycles. The first-order valence-corrected chi connectivity index (χ1v) is 9.01. The van der Waals surface area contributed by atoms with Crippen LogP contribution in [0.3, 0.4) is 0 Å². The van der Waals surface area contributed by atoms with E-state index in [0.29, 0.717) is 0 Å². The summed E-state index contributed by atoms with van der Waals surface area (Å²) in [6.07, 6.45) is 0. The molecule has 0 atom stereocenters. The van der Waals surface area contributed by atoms with Gasteiger partial charge in [0.2, 0.25) is 0 Å². The third kappa shape index (κ3) is 2.51. The zero-order valence-electron chi connectivity index (χ0n) is 10.8. The Kier molecular flexibility index (Phi) is 4.48. The van der Waals surface area contributed by atoms with Gasteiger partial charge in [-0.3, -0.25) is 0 Å². The second-order valence-electron chi connectivity index (χ2n) is 4.82. The summed E-state index contributed by atoms with van der Waals surface area (Å²) in [6, 6.07) is 17.2. The van der Waals surface area contributed by atoms with Crippen molar-refractivity contribution in [3.8, 4) is 0 Å². The van der Waals surface area contributed by atoms with E-state index < -0.39 is 7.92 Å². The van der Waals surface area contributed by atoms with Crippen molar-refractivity contribution in [2.24, 2.45) is 0 Å². The molecule has 100 valence electrons. The largest absolute Gasteiger partial charge is 1.00 e. The van der Waals surface area contributed by atoms with Crippen molar-refractivity contribution >= 4 is 47.4 Å². The van der Waals surface area contributed by atoms with Gasteiger partial charge in [0.15, 0.2) is 0 Å². The SMILES string of the molecule is C[PH+](C)c1cccc2ccc3cccc([S-])c3c12.[Cu+]. The van der Waals surface area contributed by atoms with Crippen LogP contribution in [0.25, 0.3) is 21.5 Å². The molecule has 0 aliphatic rings. The van der Waals surface area contributed by atoms with Gasteiger partial charge in [-0.15, -0.1) is 0 Å². The maximum atomic E-state index is 5.54. The minimum Gasteiger partial charge on any atom is -0.779 e. The Hall–Kier alpha value is -0.651. The molecule has 0 radical (unpaired) electrons. The maximum absolute atomic E-state index is 5.54. The fraction of sp³-hybridized carbons (Fsp3) is 0.125. The number of hydrogen-bond acceptors (Lipinski definition) is 1. The summed E-state index contributed by atoms with van der Waals surface area (Å²) in [5, 5.41) is 6.68. The Morgan fingerprint density at radius 1 is 0.789 bits per heavy atom. The van der Waals surface area contributed by atoms with Crippen molar-refractivity contribution in [2.75, 3.05) is 13.3 Å². The van der Waals surface area contributed by atoms with Crippen LogP contribution in [0.2, 0.25) is 0 Å². The first-order valence-electron chi connectivity index (χ1n) is 6.10. The summed E-state index contributed by atoms with van der Waals surface area (Å²) >= 11 is 5.54. The molecule has 0 unspecified atom stereocenters. The Morgan fingerprint density at radius 2 is 1.37 bits per heavy atom. The molecule has 0 heterocycles. The normalized spacial score (nSPS) is 10.9. The van der Waals surface area contributed by atoms with E-state index >= 15 is 0 Å². The molecule has 0 nitrogen and oxygen atoms in total. The van der Waals surface area contributed by atoms with E-state index in [1.807, 2.05) is 12.1 Å². The van der Waals surface area contributed by atoms with Gasteiger partial charge < -0.3 is 12.6 Å². The van der Waals surface area contributed by atoms with E-state index in [1.54, 1.807) is 0 Å². The van der Waals surface area contributed by atoms with Gasteiger partial charge in [0.1, 0.15) is 0 Å². The van der Waals surface area contributed by atoms with Gasteiger partial charge in [-0.25, -0.2) is 0 Å². The molecule has 0 N–H and O–H groups in total. The molecule has 0 spiro atoms. The van der Waals surface area contributed by atoms with Crippen molar-refractivity contribution in [3.63, 3.8) is 0 Å². The monoisotopic (exact) mass is 333 g/mol. The Morgan fingerprint density at radius 3 is 2.00 bits per heavy atom. The minimum atomic E-state index is -0.490. The van der Waals surface area contributed by atoms with Crippen molar-refractivity contribution < 1.29 is 17.1 Å². The second-order valence-corrected chi connectivity index (χ2v) is 7.80. The summed E-state index contributed by atoms with van der Waals surface area (Å²) in [5.41, 5.74) is 0. The molecule has 3 aromatic carbocycles. The average Bonchev–Trinajstić information content (AvgIpc) is 2.37. The molecule has 0 bridgehead atoms. The van der Waals surface area contributed by atoms with Crippen molar-refractivity contribution in [1.29, 1.82) is 0 Å². The third-order valence-corrected chi connectivity index (χ3v) is 5.22. The van der Waals surface area contributed by atoms with Gasteiger partial charge in [0, 0.05) is 13.3 Å². The van der Waals surface area contributed by atoms with Crippen LogP contribution in [0.4, 0.5) is 0 Å². The van der Waals surface area contributed by atoms with E-state index in [2.05, 4.69) is 49.7 Å². The summed E-state index contributed by atoms with van der Waals surface area (Å²) in [6.45, 7) is 4.68. The van der Waals surface area contributed by atoms with Gasteiger partial charge in [0.05, 0.1) is 18.6 Å². The predicted octanol–water partition coefficient (Wildman–Crippen LogP) is 4.00. The van der Waals surface area contributed by atoms with Crippen molar-refractivity contribution in [1.82, 2.24) is 0 Å². The standard InChI is InChI=1S/C16H15PS.Cu/c1-17(2)13-7-3-5-11-9-10-12-6-4-8-14(18)16(12)15(11)13;/h3-10,18H,1-2H3;/q;+1. The van der Waals surface area contributed by atoms with Crippen molar-refractivity contribution in [2.45, 2.75) is 4.90 Å². The second kappa shape index (κ2) is 5.77. The van der Waals surface area contributed by atoms with Gasteiger partial charge in [-0.05, 0) is 22.2 Å². The summed E-state index contributed by atoms with van der Waals surface area (Å²) in [5.74, 6) is 0. The molecule has 3 rings (SSSR count). The topological polar surface area (TPSA) is 0 Å². The fourth-order valence-electron chi connectivity index (χ4n) is 2.54. The molecule has 0 saturated carbocycles. The quantitative estimate of drug-likeness (QED) is 0.281. The first-order chi connectivity index (χ1) is 8.68. The van der Waals surface area contributed by atoms with E-state index in [4.69, 9.17) is 12.6 Å². The zero-order chi connectivity index (χ0) is 12.7. The minimum absolute atomic E-state index is 0. The van der Waals surface area contributed by atoms with E-state index in [9.17, 15) is 0 Å². The maximum Gasteiger partial charge on any atom is 1.00 e. The van der Waals surface area contributed by atoms with Crippen LogP contribution in [0.15, 0.2) is 53.4 Å². The van der Waals surface area contributed by atoms with Gasteiger partial charge in [0.25, 0.3) is 0 Å². The Balaban J connectivity index is 0.00000133. The molecule has 0 saturated heterocycles. The van der Waals surface area contributed by atoms with Crippen LogP contribution in [0.5, 0.6) is 0 Å². The molecule has 3 heteroatoms. The van der Waals surface area contributed by atoms with Crippen LogP contribution in [-0.2, 0) is 29.7 Å².